The molecule has 0 amide bonds. The normalized spacial score (nSPS) is 12.2. The maximum atomic E-state index is 10.9. The maximum absolute atomic E-state index is 10.9. The van der Waals surface area contributed by atoms with E-state index in [1.165, 1.54) is 19.2 Å². The van der Waals surface area contributed by atoms with Crippen LogP contribution in [0.15, 0.2) is 18.2 Å². The van der Waals surface area contributed by atoms with E-state index < -0.39 is 12.1 Å². The molecule has 0 aliphatic rings. The summed E-state index contributed by atoms with van der Waals surface area (Å²) in [5.74, 6) is -0.782. The molecule has 1 unspecified atom stereocenters. The molecule has 0 saturated heterocycles. The van der Waals surface area contributed by atoms with Crippen molar-refractivity contribution < 1.29 is 19.7 Å². The summed E-state index contributed by atoms with van der Waals surface area (Å²) >= 11 is 5.60. The minimum atomic E-state index is -1.23. The lowest BCUT2D eigenvalue weighted by atomic mass is 10.1. The van der Waals surface area contributed by atoms with Crippen molar-refractivity contribution in [3.05, 3.63) is 28.8 Å². The van der Waals surface area contributed by atoms with Crippen molar-refractivity contribution in [2.45, 2.75) is 12.5 Å². The van der Waals surface area contributed by atoms with Crippen molar-refractivity contribution in [3.63, 3.8) is 0 Å². The Morgan fingerprint density at radius 1 is 1.60 bits per heavy atom. The first kappa shape index (κ1) is 11.8. The summed E-state index contributed by atoms with van der Waals surface area (Å²) in [5, 5.41) is 18.8. The molecule has 0 saturated carbocycles. The number of phenolic OH excluding ortho intramolecular Hbond substituents is 1. The Morgan fingerprint density at radius 3 is 2.80 bits per heavy atom. The van der Waals surface area contributed by atoms with Gasteiger partial charge in [0.2, 0.25) is 0 Å². The van der Waals surface area contributed by atoms with Gasteiger partial charge in [0.25, 0.3) is 0 Å². The van der Waals surface area contributed by atoms with Gasteiger partial charge in [-0.25, -0.2) is 4.79 Å². The molecule has 0 heterocycles. The molecule has 0 fully saturated rings. The zero-order valence-electron chi connectivity index (χ0n) is 8.11. The molecule has 0 aromatic heterocycles. The Balaban J connectivity index is 2.73. The Bertz CT molecular complexity index is 364. The van der Waals surface area contributed by atoms with E-state index in [9.17, 15) is 15.0 Å². The van der Waals surface area contributed by atoms with Crippen LogP contribution < -0.4 is 0 Å². The zero-order valence-corrected chi connectivity index (χ0v) is 8.86. The van der Waals surface area contributed by atoms with Crippen molar-refractivity contribution >= 4 is 17.6 Å². The number of aliphatic hydroxyl groups excluding tert-OH is 1. The van der Waals surface area contributed by atoms with Crippen LogP contribution in [0.4, 0.5) is 0 Å². The molecule has 0 bridgehead atoms. The Hall–Kier alpha value is -1.26. The third-order valence-corrected chi connectivity index (χ3v) is 2.23. The predicted molar refractivity (Wildman–Crippen MR) is 54.8 cm³/mol. The number of phenols is 1. The quantitative estimate of drug-likeness (QED) is 0.764. The highest BCUT2D eigenvalue weighted by atomic mass is 35.5. The lowest BCUT2D eigenvalue weighted by Crippen LogP contribution is -2.24. The van der Waals surface area contributed by atoms with Crippen LogP contribution in [0.3, 0.4) is 0 Å². The van der Waals surface area contributed by atoms with Gasteiger partial charge in [-0.05, 0) is 17.7 Å². The lowest BCUT2D eigenvalue weighted by Gasteiger charge is -2.08. The van der Waals surface area contributed by atoms with E-state index in [-0.39, 0.29) is 17.2 Å². The van der Waals surface area contributed by atoms with Gasteiger partial charge < -0.3 is 14.9 Å². The molecule has 1 aromatic rings. The standard InChI is InChI=1S/C10H11ClO4/c1-15-10(14)9(13)5-6-2-3-7(11)8(12)4-6/h2-4,9,12-13H,5H2,1H3. The minimum absolute atomic E-state index is 0.0776. The van der Waals surface area contributed by atoms with E-state index >= 15 is 0 Å². The van der Waals surface area contributed by atoms with Gasteiger partial charge in [0.05, 0.1) is 12.1 Å². The molecule has 1 atom stereocenters. The maximum Gasteiger partial charge on any atom is 0.335 e. The molecule has 1 rings (SSSR count). The first-order valence-corrected chi connectivity index (χ1v) is 4.65. The monoisotopic (exact) mass is 230 g/mol. The second-order valence-electron chi connectivity index (χ2n) is 3.03. The number of hydrogen-bond donors (Lipinski definition) is 2. The van der Waals surface area contributed by atoms with Gasteiger partial charge in [0.1, 0.15) is 5.75 Å². The van der Waals surface area contributed by atoms with Crippen LogP contribution in [0.1, 0.15) is 5.56 Å². The van der Waals surface area contributed by atoms with E-state index in [1.54, 1.807) is 6.07 Å². The Labute approximate surface area is 92.1 Å². The number of benzene rings is 1. The van der Waals surface area contributed by atoms with Crippen molar-refractivity contribution in [2.75, 3.05) is 7.11 Å². The van der Waals surface area contributed by atoms with Crippen molar-refractivity contribution in [2.24, 2.45) is 0 Å². The molecule has 0 spiro atoms. The third-order valence-electron chi connectivity index (χ3n) is 1.91. The van der Waals surface area contributed by atoms with Crippen molar-refractivity contribution in [1.82, 2.24) is 0 Å². The molecule has 2 N–H and O–H groups in total. The van der Waals surface area contributed by atoms with E-state index in [0.717, 1.165) is 0 Å². The van der Waals surface area contributed by atoms with Gasteiger partial charge >= 0.3 is 5.97 Å². The SMILES string of the molecule is COC(=O)C(O)Cc1ccc(Cl)c(O)c1. The molecule has 0 radical (unpaired) electrons. The van der Waals surface area contributed by atoms with Gasteiger partial charge in [-0.3, -0.25) is 0 Å². The van der Waals surface area contributed by atoms with Crippen LogP contribution >= 0.6 is 11.6 Å². The van der Waals surface area contributed by atoms with Crippen LogP contribution in [-0.4, -0.2) is 29.4 Å². The second-order valence-corrected chi connectivity index (χ2v) is 3.44. The summed E-state index contributed by atoms with van der Waals surface area (Å²) in [6.45, 7) is 0. The topological polar surface area (TPSA) is 66.8 Å². The number of hydrogen-bond acceptors (Lipinski definition) is 4. The molecule has 15 heavy (non-hydrogen) atoms. The lowest BCUT2D eigenvalue weighted by molar-refractivity contribution is -0.150. The fraction of sp³-hybridized carbons (Fsp3) is 0.300. The molecule has 0 aliphatic carbocycles. The predicted octanol–water partition coefficient (Wildman–Crippen LogP) is 1.12. The van der Waals surface area contributed by atoms with E-state index in [2.05, 4.69) is 4.74 Å². The third kappa shape index (κ3) is 3.11. The first-order valence-electron chi connectivity index (χ1n) is 4.28. The number of ether oxygens (including phenoxy) is 1. The number of aliphatic hydroxyl groups is 1. The van der Waals surface area contributed by atoms with Crippen LogP contribution in [0.5, 0.6) is 5.75 Å². The van der Waals surface area contributed by atoms with Crippen LogP contribution in [0.2, 0.25) is 5.02 Å². The number of carbonyl (C=O) groups excluding carboxylic acids is 1. The smallest absolute Gasteiger partial charge is 0.335 e. The average Bonchev–Trinajstić information content (AvgIpc) is 2.22. The van der Waals surface area contributed by atoms with Gasteiger partial charge in [-0.1, -0.05) is 17.7 Å². The molecular formula is C10H11ClO4. The zero-order chi connectivity index (χ0) is 11.4. The number of aromatic hydroxyl groups is 1. The fourth-order valence-electron chi connectivity index (χ4n) is 1.13. The van der Waals surface area contributed by atoms with E-state index in [1.807, 2.05) is 0 Å². The first-order chi connectivity index (χ1) is 7.04. The van der Waals surface area contributed by atoms with Crippen LogP contribution in [0, 0.1) is 0 Å². The van der Waals surface area contributed by atoms with E-state index in [4.69, 9.17) is 11.6 Å². The minimum Gasteiger partial charge on any atom is -0.506 e. The molecule has 82 valence electrons. The van der Waals surface area contributed by atoms with Crippen molar-refractivity contribution in [1.29, 1.82) is 0 Å². The Morgan fingerprint density at radius 2 is 2.27 bits per heavy atom. The summed E-state index contributed by atoms with van der Waals surface area (Å²) in [4.78, 5) is 10.9. The molecule has 5 heteroatoms. The second kappa shape index (κ2) is 5.00. The van der Waals surface area contributed by atoms with Crippen LogP contribution in [-0.2, 0) is 16.0 Å². The summed E-state index contributed by atoms with van der Waals surface area (Å²) in [6, 6.07) is 4.51. The number of halogens is 1. The van der Waals surface area contributed by atoms with Gasteiger partial charge in [0, 0.05) is 6.42 Å². The molecule has 0 aliphatic heterocycles. The van der Waals surface area contributed by atoms with Gasteiger partial charge in [0.15, 0.2) is 6.10 Å². The molecule has 1 aromatic carbocycles. The van der Waals surface area contributed by atoms with Gasteiger partial charge in [-0.15, -0.1) is 0 Å². The summed E-state index contributed by atoms with van der Waals surface area (Å²) < 4.78 is 4.36. The van der Waals surface area contributed by atoms with Crippen molar-refractivity contribution in [3.8, 4) is 5.75 Å². The average molecular weight is 231 g/mol. The highest BCUT2D eigenvalue weighted by Crippen LogP contribution is 2.24. The highest BCUT2D eigenvalue weighted by molar-refractivity contribution is 6.32. The Kier molecular flexibility index (Phi) is 3.94. The molecule has 4 nitrogen and oxygen atoms in total. The molecular weight excluding hydrogens is 220 g/mol. The number of rotatable bonds is 3. The number of carbonyl (C=O) groups is 1. The largest absolute Gasteiger partial charge is 0.506 e. The highest BCUT2D eigenvalue weighted by Gasteiger charge is 2.16. The summed E-state index contributed by atoms with van der Waals surface area (Å²) in [5.41, 5.74) is 0.606. The van der Waals surface area contributed by atoms with Gasteiger partial charge in [-0.2, -0.15) is 0 Å². The number of esters is 1. The summed E-state index contributed by atoms with van der Waals surface area (Å²) in [6.07, 6.45) is -1.15. The van der Waals surface area contributed by atoms with E-state index in [0.29, 0.717) is 5.56 Å². The fourth-order valence-corrected chi connectivity index (χ4v) is 1.25. The number of methoxy groups -OCH3 is 1. The van der Waals surface area contributed by atoms with Crippen LogP contribution in [0.25, 0.3) is 0 Å². The summed E-state index contributed by atoms with van der Waals surface area (Å²) in [7, 11) is 1.20.